The molecule has 0 aliphatic rings. The van der Waals surface area contributed by atoms with Gasteiger partial charge in [0.2, 0.25) is 0 Å². The predicted molar refractivity (Wildman–Crippen MR) is 101 cm³/mol. The number of hydrogen-bond acceptors (Lipinski definition) is 6. The molecule has 0 bridgehead atoms. The highest BCUT2D eigenvalue weighted by atomic mass is 16.1. The first kappa shape index (κ1) is 18.2. The Morgan fingerprint density at radius 3 is 2.30 bits per heavy atom. The molecule has 8 heteroatoms. The van der Waals surface area contributed by atoms with Crippen LogP contribution in [0.3, 0.4) is 0 Å². The van der Waals surface area contributed by atoms with Crippen molar-refractivity contribution in [1.29, 1.82) is 0 Å². The van der Waals surface area contributed by atoms with E-state index in [0.717, 1.165) is 5.69 Å². The van der Waals surface area contributed by atoms with Crippen LogP contribution in [0.1, 0.15) is 33.3 Å². The lowest BCUT2D eigenvalue weighted by Gasteiger charge is -2.08. The monoisotopic (exact) mass is 364 g/mol. The number of rotatable bonds is 7. The first-order chi connectivity index (χ1) is 13.0. The predicted octanol–water partition coefficient (Wildman–Crippen LogP) is 2.02. The van der Waals surface area contributed by atoms with Crippen LogP contribution in [0.2, 0.25) is 0 Å². The van der Waals surface area contributed by atoms with Gasteiger partial charge in [-0.2, -0.15) is 5.10 Å². The summed E-state index contributed by atoms with van der Waals surface area (Å²) in [5, 5.41) is 18.4. The van der Waals surface area contributed by atoms with Crippen molar-refractivity contribution in [3.63, 3.8) is 0 Å². The Kier molecular flexibility index (Phi) is 5.55. The van der Waals surface area contributed by atoms with Crippen molar-refractivity contribution in [2.75, 3.05) is 18.4 Å². The van der Waals surface area contributed by atoms with E-state index in [-0.39, 0.29) is 11.7 Å². The van der Waals surface area contributed by atoms with Crippen LogP contribution >= 0.6 is 0 Å². The number of nitrogens with one attached hydrogen (secondary N) is 2. The van der Waals surface area contributed by atoms with Gasteiger partial charge >= 0.3 is 0 Å². The molecular formula is C19H20N6O2. The maximum Gasteiger partial charge on any atom is 0.251 e. The summed E-state index contributed by atoms with van der Waals surface area (Å²) >= 11 is 0. The minimum atomic E-state index is -0.192. The van der Waals surface area contributed by atoms with Gasteiger partial charge in [-0.1, -0.05) is 12.1 Å². The summed E-state index contributed by atoms with van der Waals surface area (Å²) in [5.41, 5.74) is 2.00. The summed E-state index contributed by atoms with van der Waals surface area (Å²) in [4.78, 5) is 23.3. The molecule has 0 unspecified atom stereocenters. The third-order valence-corrected chi connectivity index (χ3v) is 3.88. The van der Waals surface area contributed by atoms with E-state index < -0.39 is 0 Å². The second-order valence-corrected chi connectivity index (χ2v) is 5.99. The summed E-state index contributed by atoms with van der Waals surface area (Å²) in [6, 6.07) is 12.1. The number of aromatic nitrogens is 4. The van der Waals surface area contributed by atoms with Crippen molar-refractivity contribution < 1.29 is 9.59 Å². The van der Waals surface area contributed by atoms with Crippen LogP contribution in [-0.2, 0) is 0 Å². The smallest absolute Gasteiger partial charge is 0.251 e. The number of hydrogen-bond donors (Lipinski definition) is 2. The number of ketones is 1. The molecule has 0 saturated heterocycles. The molecular weight excluding hydrogens is 344 g/mol. The van der Waals surface area contributed by atoms with Crippen LogP contribution in [-0.4, -0.2) is 44.8 Å². The lowest BCUT2D eigenvalue weighted by Crippen LogP contribution is -2.28. The van der Waals surface area contributed by atoms with E-state index in [4.69, 9.17) is 0 Å². The summed E-state index contributed by atoms with van der Waals surface area (Å²) in [7, 11) is 0. The highest BCUT2D eigenvalue weighted by molar-refractivity contribution is 5.97. The number of nitrogens with zero attached hydrogens (tertiary/aromatic N) is 4. The lowest BCUT2D eigenvalue weighted by molar-refractivity contribution is 0.0953. The van der Waals surface area contributed by atoms with Crippen LogP contribution in [0.4, 0.5) is 5.82 Å². The fraction of sp³-hybridized carbons (Fsp3) is 0.211. The van der Waals surface area contributed by atoms with Crippen LogP contribution in [0.5, 0.6) is 0 Å². The largest absolute Gasteiger partial charge is 0.367 e. The molecule has 1 amide bonds. The molecule has 8 nitrogen and oxygen atoms in total. The van der Waals surface area contributed by atoms with Crippen molar-refractivity contribution in [2.24, 2.45) is 0 Å². The average molecular weight is 364 g/mol. The van der Waals surface area contributed by atoms with E-state index in [1.165, 1.54) is 6.92 Å². The standard InChI is InChI=1S/C19H20N6O2/c1-13-9-12-25(24-13)18-8-7-17(22-23-18)20-10-11-21-19(27)16-5-3-15(4-6-16)14(2)26/h3-9,12H,10-11H2,1-2H3,(H,20,22)(H,21,27). The topological polar surface area (TPSA) is 102 Å². The van der Waals surface area contributed by atoms with E-state index in [1.807, 2.05) is 31.3 Å². The van der Waals surface area contributed by atoms with Crippen molar-refractivity contribution in [3.05, 3.63) is 65.5 Å². The minimum absolute atomic E-state index is 0.0269. The molecule has 2 aromatic heterocycles. The molecule has 0 aliphatic heterocycles. The number of benzene rings is 1. The molecule has 1 aromatic carbocycles. The molecule has 2 N–H and O–H groups in total. The molecule has 0 atom stereocenters. The Morgan fingerprint density at radius 2 is 1.70 bits per heavy atom. The van der Waals surface area contributed by atoms with Crippen molar-refractivity contribution >= 4 is 17.5 Å². The second kappa shape index (κ2) is 8.22. The molecule has 0 aliphatic carbocycles. The normalized spacial score (nSPS) is 10.4. The van der Waals surface area contributed by atoms with E-state index in [1.54, 1.807) is 28.9 Å². The van der Waals surface area contributed by atoms with Crippen LogP contribution in [0, 0.1) is 6.92 Å². The molecule has 0 spiro atoms. The van der Waals surface area contributed by atoms with Gasteiger partial charge in [0, 0.05) is 30.4 Å². The van der Waals surface area contributed by atoms with Crippen LogP contribution in [0.15, 0.2) is 48.7 Å². The van der Waals surface area contributed by atoms with Gasteiger partial charge in [-0.05, 0) is 44.2 Å². The highest BCUT2D eigenvalue weighted by Crippen LogP contribution is 2.07. The van der Waals surface area contributed by atoms with Gasteiger partial charge in [0.15, 0.2) is 11.6 Å². The van der Waals surface area contributed by atoms with E-state index >= 15 is 0 Å². The number of aryl methyl sites for hydroxylation is 1. The number of carbonyl (C=O) groups excluding carboxylic acids is 2. The van der Waals surface area contributed by atoms with Gasteiger partial charge in [-0.15, -0.1) is 10.2 Å². The Labute approximate surface area is 156 Å². The Morgan fingerprint density at radius 1 is 0.963 bits per heavy atom. The maximum atomic E-state index is 12.1. The molecule has 3 rings (SSSR count). The number of anilines is 1. The first-order valence-corrected chi connectivity index (χ1v) is 8.52. The fourth-order valence-corrected chi connectivity index (χ4v) is 2.41. The van der Waals surface area contributed by atoms with Gasteiger partial charge < -0.3 is 10.6 Å². The Bertz CT molecular complexity index is 932. The summed E-state index contributed by atoms with van der Waals surface area (Å²) in [5.74, 6) is 1.03. The van der Waals surface area contributed by atoms with Gasteiger partial charge in [-0.3, -0.25) is 9.59 Å². The SMILES string of the molecule is CC(=O)c1ccc(C(=O)NCCNc2ccc(-n3ccc(C)n3)nn2)cc1. The quantitative estimate of drug-likeness (QED) is 0.491. The van der Waals surface area contributed by atoms with Gasteiger partial charge in [0.25, 0.3) is 5.91 Å². The lowest BCUT2D eigenvalue weighted by atomic mass is 10.1. The zero-order chi connectivity index (χ0) is 19.2. The number of Topliss-reactive ketones (excluding diaryl/α,β-unsaturated/α-hetero) is 1. The number of carbonyl (C=O) groups is 2. The zero-order valence-electron chi connectivity index (χ0n) is 15.1. The Balaban J connectivity index is 1.45. The first-order valence-electron chi connectivity index (χ1n) is 8.52. The maximum absolute atomic E-state index is 12.1. The van der Waals surface area contributed by atoms with E-state index in [9.17, 15) is 9.59 Å². The van der Waals surface area contributed by atoms with E-state index in [0.29, 0.717) is 35.9 Å². The molecule has 0 radical (unpaired) electrons. The van der Waals surface area contributed by atoms with Crippen LogP contribution < -0.4 is 10.6 Å². The molecule has 27 heavy (non-hydrogen) atoms. The van der Waals surface area contributed by atoms with Gasteiger partial charge in [0.05, 0.1) is 5.69 Å². The molecule has 2 heterocycles. The fourth-order valence-electron chi connectivity index (χ4n) is 2.41. The third kappa shape index (κ3) is 4.75. The molecule has 0 fully saturated rings. The summed E-state index contributed by atoms with van der Waals surface area (Å²) in [6.07, 6.45) is 1.82. The van der Waals surface area contributed by atoms with Gasteiger partial charge in [-0.25, -0.2) is 4.68 Å². The molecule has 0 saturated carbocycles. The Hall–Kier alpha value is -3.55. The molecule has 3 aromatic rings. The summed E-state index contributed by atoms with van der Waals surface area (Å²) in [6.45, 7) is 4.33. The highest BCUT2D eigenvalue weighted by Gasteiger charge is 2.06. The molecule has 138 valence electrons. The summed E-state index contributed by atoms with van der Waals surface area (Å²) < 4.78 is 1.66. The zero-order valence-corrected chi connectivity index (χ0v) is 15.1. The second-order valence-electron chi connectivity index (χ2n) is 5.99. The van der Waals surface area contributed by atoms with Crippen molar-refractivity contribution in [1.82, 2.24) is 25.3 Å². The third-order valence-electron chi connectivity index (χ3n) is 3.88. The van der Waals surface area contributed by atoms with E-state index in [2.05, 4.69) is 25.9 Å². The van der Waals surface area contributed by atoms with Crippen LogP contribution in [0.25, 0.3) is 5.82 Å². The number of amides is 1. The average Bonchev–Trinajstić information content (AvgIpc) is 3.12. The van der Waals surface area contributed by atoms with Crippen molar-refractivity contribution in [3.8, 4) is 5.82 Å². The van der Waals surface area contributed by atoms with Crippen molar-refractivity contribution in [2.45, 2.75) is 13.8 Å². The minimum Gasteiger partial charge on any atom is -0.367 e. The van der Waals surface area contributed by atoms with Gasteiger partial charge in [0.1, 0.15) is 5.82 Å².